The van der Waals surface area contributed by atoms with E-state index in [1.807, 2.05) is 39.8 Å². The number of hydrogen-bond acceptors (Lipinski definition) is 5. The lowest BCUT2D eigenvalue weighted by molar-refractivity contribution is -0.127. The zero-order valence-electron chi connectivity index (χ0n) is 15.7. The normalized spacial score (nSPS) is 15.7. The van der Waals surface area contributed by atoms with Crippen molar-refractivity contribution in [2.24, 2.45) is 4.99 Å². The fraction of sp³-hybridized carbons (Fsp3) is 0.444. The molecule has 0 spiro atoms. The van der Waals surface area contributed by atoms with Crippen molar-refractivity contribution in [3.63, 3.8) is 0 Å². The SMILES string of the molecule is Cc1ccc(N2NC(C(=O)NC(C)C(=O)NC(C)(C)C)=NCC2=O)cc1. The topological polar surface area (TPSA) is 103 Å². The van der Waals surface area contributed by atoms with Gasteiger partial charge in [-0.05, 0) is 46.8 Å². The number of amidine groups is 1. The fourth-order valence-electron chi connectivity index (χ4n) is 2.25. The zero-order chi connectivity index (χ0) is 19.5. The number of aliphatic imine (C=N–C) groups is 1. The molecule has 0 saturated carbocycles. The van der Waals surface area contributed by atoms with E-state index in [2.05, 4.69) is 21.1 Å². The van der Waals surface area contributed by atoms with E-state index in [1.165, 1.54) is 5.01 Å². The van der Waals surface area contributed by atoms with E-state index in [0.717, 1.165) is 5.56 Å². The summed E-state index contributed by atoms with van der Waals surface area (Å²) in [6.07, 6.45) is 0. The molecule has 0 aromatic heterocycles. The highest BCUT2D eigenvalue weighted by Crippen LogP contribution is 2.15. The minimum absolute atomic E-state index is 0.0133. The van der Waals surface area contributed by atoms with Crippen LogP contribution in [0.4, 0.5) is 5.69 Å². The number of nitrogens with zero attached hydrogens (tertiary/aromatic N) is 2. The summed E-state index contributed by atoms with van der Waals surface area (Å²) in [5.41, 5.74) is 3.99. The van der Waals surface area contributed by atoms with Crippen molar-refractivity contribution in [3.8, 4) is 0 Å². The van der Waals surface area contributed by atoms with Crippen LogP contribution in [-0.2, 0) is 14.4 Å². The molecular weight excluding hydrogens is 334 g/mol. The Hall–Kier alpha value is -2.90. The molecule has 3 amide bonds. The summed E-state index contributed by atoms with van der Waals surface area (Å²) in [7, 11) is 0. The molecule has 1 aromatic rings. The zero-order valence-corrected chi connectivity index (χ0v) is 15.7. The molecule has 8 heteroatoms. The van der Waals surface area contributed by atoms with E-state index in [0.29, 0.717) is 5.69 Å². The van der Waals surface area contributed by atoms with Gasteiger partial charge in [-0.25, -0.2) is 5.01 Å². The van der Waals surface area contributed by atoms with Crippen molar-refractivity contribution >= 4 is 29.2 Å². The second kappa shape index (κ2) is 7.55. The number of aryl methyl sites for hydroxylation is 1. The third kappa shape index (κ3) is 5.05. The Kier molecular flexibility index (Phi) is 5.64. The average Bonchev–Trinajstić information content (AvgIpc) is 2.54. The Bertz CT molecular complexity index is 734. The number of anilines is 1. The van der Waals surface area contributed by atoms with Gasteiger partial charge >= 0.3 is 0 Å². The Morgan fingerprint density at radius 2 is 1.85 bits per heavy atom. The summed E-state index contributed by atoms with van der Waals surface area (Å²) in [6.45, 7) is 8.96. The number of nitrogens with one attached hydrogen (secondary N) is 3. The number of benzene rings is 1. The fourth-order valence-corrected chi connectivity index (χ4v) is 2.25. The molecule has 8 nitrogen and oxygen atoms in total. The van der Waals surface area contributed by atoms with Gasteiger partial charge in [0.2, 0.25) is 11.7 Å². The van der Waals surface area contributed by atoms with Crippen LogP contribution < -0.4 is 21.1 Å². The lowest BCUT2D eigenvalue weighted by Gasteiger charge is -2.28. The van der Waals surface area contributed by atoms with Crippen LogP contribution in [0.15, 0.2) is 29.3 Å². The molecule has 1 aromatic carbocycles. The maximum atomic E-state index is 12.4. The Labute approximate surface area is 153 Å². The third-order valence-electron chi connectivity index (χ3n) is 3.59. The van der Waals surface area contributed by atoms with Gasteiger partial charge in [-0.15, -0.1) is 0 Å². The van der Waals surface area contributed by atoms with Crippen LogP contribution in [0.3, 0.4) is 0 Å². The molecule has 1 heterocycles. The largest absolute Gasteiger partial charge is 0.350 e. The van der Waals surface area contributed by atoms with Crippen molar-refractivity contribution in [2.45, 2.75) is 46.2 Å². The van der Waals surface area contributed by atoms with Gasteiger partial charge in [0.05, 0.1) is 5.69 Å². The van der Waals surface area contributed by atoms with E-state index >= 15 is 0 Å². The van der Waals surface area contributed by atoms with E-state index in [1.54, 1.807) is 19.1 Å². The summed E-state index contributed by atoms with van der Waals surface area (Å²) in [6, 6.07) is 6.56. The Morgan fingerprint density at radius 1 is 1.23 bits per heavy atom. The van der Waals surface area contributed by atoms with Gasteiger partial charge in [0, 0.05) is 5.54 Å². The molecular formula is C18H25N5O3. The van der Waals surface area contributed by atoms with Gasteiger partial charge in [0.1, 0.15) is 12.6 Å². The molecule has 1 aliphatic heterocycles. The Morgan fingerprint density at radius 3 is 2.42 bits per heavy atom. The van der Waals surface area contributed by atoms with Crippen LogP contribution in [0.25, 0.3) is 0 Å². The number of carbonyl (C=O) groups excluding carboxylic acids is 3. The molecule has 0 aliphatic carbocycles. The molecule has 0 bridgehead atoms. The first kappa shape index (κ1) is 19.4. The lowest BCUT2D eigenvalue weighted by Crippen LogP contribution is -2.58. The van der Waals surface area contributed by atoms with Gasteiger partial charge in [0.15, 0.2) is 0 Å². The van der Waals surface area contributed by atoms with Gasteiger partial charge in [0.25, 0.3) is 11.8 Å². The van der Waals surface area contributed by atoms with Crippen LogP contribution in [0.2, 0.25) is 0 Å². The van der Waals surface area contributed by atoms with Crippen LogP contribution in [-0.4, -0.2) is 41.7 Å². The highest BCUT2D eigenvalue weighted by Gasteiger charge is 2.28. The maximum absolute atomic E-state index is 12.4. The highest BCUT2D eigenvalue weighted by molar-refractivity contribution is 6.39. The van der Waals surface area contributed by atoms with Crippen LogP contribution in [0, 0.1) is 6.92 Å². The van der Waals surface area contributed by atoms with Gasteiger partial charge in [-0.2, -0.15) is 0 Å². The second-order valence-corrected chi connectivity index (χ2v) is 7.28. The summed E-state index contributed by atoms with van der Waals surface area (Å²) in [5.74, 6) is -1.13. The molecule has 1 atom stereocenters. The summed E-state index contributed by atoms with van der Waals surface area (Å²) in [4.78, 5) is 40.5. The Balaban J connectivity index is 2.04. The van der Waals surface area contributed by atoms with Gasteiger partial charge < -0.3 is 10.6 Å². The first-order chi connectivity index (χ1) is 12.1. The standard InChI is InChI=1S/C18H25N5O3/c1-11-6-8-13(9-7-11)23-14(24)10-19-15(22-23)17(26)20-12(2)16(25)21-18(3,4)5/h6-9,12H,10H2,1-5H3,(H,19,22)(H,20,26)(H,21,25). The highest BCUT2D eigenvalue weighted by atomic mass is 16.2. The van der Waals surface area contributed by atoms with E-state index in [-0.39, 0.29) is 24.2 Å². The molecule has 26 heavy (non-hydrogen) atoms. The number of rotatable bonds is 4. The number of hydrazine groups is 1. The molecule has 0 saturated heterocycles. The van der Waals surface area contributed by atoms with Gasteiger partial charge in [-0.1, -0.05) is 17.7 Å². The smallest absolute Gasteiger partial charge is 0.288 e. The first-order valence-electron chi connectivity index (χ1n) is 8.40. The van der Waals surface area contributed by atoms with E-state index in [9.17, 15) is 14.4 Å². The molecule has 1 unspecified atom stereocenters. The maximum Gasteiger partial charge on any atom is 0.288 e. The summed E-state index contributed by atoms with van der Waals surface area (Å²) < 4.78 is 0. The quantitative estimate of drug-likeness (QED) is 0.735. The first-order valence-corrected chi connectivity index (χ1v) is 8.40. The van der Waals surface area contributed by atoms with Crippen LogP contribution >= 0.6 is 0 Å². The van der Waals surface area contributed by atoms with Crippen molar-refractivity contribution in [1.82, 2.24) is 16.1 Å². The predicted molar refractivity (Wildman–Crippen MR) is 99.6 cm³/mol. The van der Waals surface area contributed by atoms with E-state index < -0.39 is 17.5 Å². The van der Waals surface area contributed by atoms with Crippen molar-refractivity contribution < 1.29 is 14.4 Å². The number of hydrogen-bond donors (Lipinski definition) is 3. The molecule has 140 valence electrons. The monoisotopic (exact) mass is 359 g/mol. The second-order valence-electron chi connectivity index (χ2n) is 7.28. The number of amides is 3. The third-order valence-corrected chi connectivity index (χ3v) is 3.59. The number of carbonyl (C=O) groups is 3. The van der Waals surface area contributed by atoms with E-state index in [4.69, 9.17) is 0 Å². The predicted octanol–water partition coefficient (Wildman–Crippen LogP) is 0.664. The minimum Gasteiger partial charge on any atom is -0.350 e. The molecule has 3 N–H and O–H groups in total. The molecule has 2 rings (SSSR count). The van der Waals surface area contributed by atoms with Crippen molar-refractivity contribution in [3.05, 3.63) is 29.8 Å². The summed E-state index contributed by atoms with van der Waals surface area (Å²) >= 11 is 0. The molecule has 0 fully saturated rings. The summed E-state index contributed by atoms with van der Waals surface area (Å²) in [5, 5.41) is 6.66. The molecule has 0 radical (unpaired) electrons. The molecule has 1 aliphatic rings. The van der Waals surface area contributed by atoms with Gasteiger partial charge in [-0.3, -0.25) is 24.8 Å². The van der Waals surface area contributed by atoms with Crippen LogP contribution in [0.5, 0.6) is 0 Å². The van der Waals surface area contributed by atoms with Crippen molar-refractivity contribution in [1.29, 1.82) is 0 Å². The van der Waals surface area contributed by atoms with Crippen molar-refractivity contribution in [2.75, 3.05) is 11.6 Å². The average molecular weight is 359 g/mol. The van der Waals surface area contributed by atoms with Crippen LogP contribution in [0.1, 0.15) is 33.3 Å². The lowest BCUT2D eigenvalue weighted by atomic mass is 10.1. The minimum atomic E-state index is -0.739.